The van der Waals surface area contributed by atoms with E-state index < -0.39 is 0 Å². The lowest BCUT2D eigenvalue weighted by Crippen LogP contribution is -2.10. The molecule has 0 bridgehead atoms. The molecule has 0 saturated heterocycles. The normalized spacial score (nSPS) is 13.1. The van der Waals surface area contributed by atoms with Crippen LogP contribution < -0.4 is 5.73 Å². The SMILES string of the molecule is Cc1c(C(N)c2csc(Cl)c2)oc2ccccc12. The van der Waals surface area contributed by atoms with Gasteiger partial charge in [-0.15, -0.1) is 11.3 Å². The van der Waals surface area contributed by atoms with Crippen molar-refractivity contribution in [2.24, 2.45) is 5.73 Å². The van der Waals surface area contributed by atoms with Crippen molar-refractivity contribution in [1.82, 2.24) is 0 Å². The van der Waals surface area contributed by atoms with E-state index >= 15 is 0 Å². The van der Waals surface area contributed by atoms with Crippen molar-refractivity contribution in [1.29, 1.82) is 0 Å². The van der Waals surface area contributed by atoms with Gasteiger partial charge in [0, 0.05) is 10.9 Å². The topological polar surface area (TPSA) is 39.2 Å². The van der Waals surface area contributed by atoms with E-state index in [2.05, 4.69) is 0 Å². The number of hydrogen-bond acceptors (Lipinski definition) is 3. The van der Waals surface area contributed by atoms with Gasteiger partial charge in [0.2, 0.25) is 0 Å². The van der Waals surface area contributed by atoms with Crippen LogP contribution >= 0.6 is 22.9 Å². The maximum absolute atomic E-state index is 6.25. The highest BCUT2D eigenvalue weighted by atomic mass is 35.5. The van der Waals surface area contributed by atoms with Crippen molar-refractivity contribution in [3.63, 3.8) is 0 Å². The van der Waals surface area contributed by atoms with Gasteiger partial charge in [-0.3, -0.25) is 0 Å². The molecule has 0 aliphatic rings. The fourth-order valence-electron chi connectivity index (χ4n) is 2.13. The molecule has 0 amide bonds. The summed E-state index contributed by atoms with van der Waals surface area (Å²) < 4.78 is 6.61. The number of furan rings is 1. The Bertz CT molecular complexity index is 701. The zero-order chi connectivity index (χ0) is 12.7. The molecular weight excluding hydrogens is 266 g/mol. The van der Waals surface area contributed by atoms with Crippen LogP contribution in [0.4, 0.5) is 0 Å². The number of para-hydroxylation sites is 1. The van der Waals surface area contributed by atoms with Crippen LogP contribution in [0, 0.1) is 6.92 Å². The highest BCUT2D eigenvalue weighted by Crippen LogP contribution is 2.33. The average molecular weight is 278 g/mol. The van der Waals surface area contributed by atoms with Crippen LogP contribution in [0.5, 0.6) is 0 Å². The lowest BCUT2D eigenvalue weighted by molar-refractivity contribution is 0.521. The van der Waals surface area contributed by atoms with E-state index in [0.29, 0.717) is 0 Å². The second kappa shape index (κ2) is 4.43. The smallest absolute Gasteiger partial charge is 0.134 e. The first-order chi connectivity index (χ1) is 8.66. The Morgan fingerprint density at radius 1 is 1.33 bits per heavy atom. The standard InChI is InChI=1S/C14H12ClNOS/c1-8-10-4-2-3-5-11(10)17-14(8)13(16)9-6-12(15)18-7-9/h2-7,13H,16H2,1H3. The second-order valence-electron chi connectivity index (χ2n) is 4.25. The number of fused-ring (bicyclic) bond motifs is 1. The van der Waals surface area contributed by atoms with E-state index in [0.717, 1.165) is 32.2 Å². The summed E-state index contributed by atoms with van der Waals surface area (Å²) in [6.45, 7) is 2.04. The number of rotatable bonds is 2. The third-order valence-corrected chi connectivity index (χ3v) is 4.22. The molecule has 18 heavy (non-hydrogen) atoms. The zero-order valence-electron chi connectivity index (χ0n) is 9.81. The Hall–Kier alpha value is -1.29. The molecule has 0 fully saturated rings. The van der Waals surface area contributed by atoms with Crippen molar-refractivity contribution >= 4 is 33.9 Å². The monoisotopic (exact) mass is 277 g/mol. The van der Waals surface area contributed by atoms with Crippen LogP contribution in [-0.2, 0) is 0 Å². The molecular formula is C14H12ClNOS. The van der Waals surface area contributed by atoms with Gasteiger partial charge >= 0.3 is 0 Å². The summed E-state index contributed by atoms with van der Waals surface area (Å²) in [5.74, 6) is 0.811. The van der Waals surface area contributed by atoms with Crippen LogP contribution in [-0.4, -0.2) is 0 Å². The van der Waals surface area contributed by atoms with Gasteiger partial charge in [0.15, 0.2) is 0 Å². The Labute approximate surface area is 114 Å². The van der Waals surface area contributed by atoms with Gasteiger partial charge in [0.25, 0.3) is 0 Å². The predicted octanol–water partition coefficient (Wildman–Crippen LogP) is 4.50. The van der Waals surface area contributed by atoms with Crippen LogP contribution in [0.3, 0.4) is 0 Å². The highest BCUT2D eigenvalue weighted by molar-refractivity contribution is 7.14. The second-order valence-corrected chi connectivity index (χ2v) is 5.79. The molecule has 0 saturated carbocycles. The quantitative estimate of drug-likeness (QED) is 0.749. The van der Waals surface area contributed by atoms with Crippen molar-refractivity contribution in [3.05, 3.63) is 56.9 Å². The van der Waals surface area contributed by atoms with Gasteiger partial charge in [0.05, 0.1) is 10.4 Å². The van der Waals surface area contributed by atoms with E-state index in [1.165, 1.54) is 11.3 Å². The van der Waals surface area contributed by atoms with E-state index in [1.54, 1.807) is 0 Å². The highest BCUT2D eigenvalue weighted by Gasteiger charge is 2.19. The molecule has 2 heterocycles. The molecule has 0 aliphatic heterocycles. The summed E-state index contributed by atoms with van der Waals surface area (Å²) in [4.78, 5) is 0. The van der Waals surface area contributed by atoms with E-state index in [1.807, 2.05) is 42.6 Å². The minimum atomic E-state index is -0.263. The van der Waals surface area contributed by atoms with Gasteiger partial charge < -0.3 is 10.2 Å². The van der Waals surface area contributed by atoms with Gasteiger partial charge in [0.1, 0.15) is 11.3 Å². The van der Waals surface area contributed by atoms with E-state index in [-0.39, 0.29) is 6.04 Å². The molecule has 3 rings (SSSR count). The third kappa shape index (κ3) is 1.85. The minimum absolute atomic E-state index is 0.263. The molecule has 2 nitrogen and oxygen atoms in total. The zero-order valence-corrected chi connectivity index (χ0v) is 11.4. The average Bonchev–Trinajstić information content (AvgIpc) is 2.94. The first-order valence-electron chi connectivity index (χ1n) is 5.64. The summed E-state index contributed by atoms with van der Waals surface area (Å²) in [7, 11) is 0. The molecule has 0 spiro atoms. The molecule has 1 aromatic carbocycles. The van der Waals surface area contributed by atoms with Crippen molar-refractivity contribution in [2.45, 2.75) is 13.0 Å². The molecule has 0 radical (unpaired) electrons. The number of hydrogen-bond donors (Lipinski definition) is 1. The first kappa shape index (κ1) is 11.8. The largest absolute Gasteiger partial charge is 0.459 e. The molecule has 2 N–H and O–H groups in total. The third-order valence-electron chi connectivity index (χ3n) is 3.11. The van der Waals surface area contributed by atoms with Crippen molar-refractivity contribution < 1.29 is 4.42 Å². The molecule has 2 aromatic heterocycles. The van der Waals surface area contributed by atoms with Crippen LogP contribution in [0.1, 0.15) is 22.9 Å². The molecule has 1 atom stereocenters. The van der Waals surface area contributed by atoms with Crippen molar-refractivity contribution in [2.75, 3.05) is 0 Å². The molecule has 3 aromatic rings. The fraction of sp³-hybridized carbons (Fsp3) is 0.143. The first-order valence-corrected chi connectivity index (χ1v) is 6.90. The maximum Gasteiger partial charge on any atom is 0.134 e. The number of nitrogens with two attached hydrogens (primary N) is 1. The Balaban J connectivity index is 2.11. The van der Waals surface area contributed by atoms with E-state index in [4.69, 9.17) is 21.8 Å². The van der Waals surface area contributed by atoms with Crippen LogP contribution in [0.2, 0.25) is 4.34 Å². The van der Waals surface area contributed by atoms with Gasteiger partial charge in [-0.2, -0.15) is 0 Å². The summed E-state index contributed by atoms with van der Waals surface area (Å²) >= 11 is 7.43. The summed E-state index contributed by atoms with van der Waals surface area (Å²) in [6.07, 6.45) is 0. The van der Waals surface area contributed by atoms with Crippen molar-refractivity contribution in [3.8, 4) is 0 Å². The summed E-state index contributed by atoms with van der Waals surface area (Å²) in [6, 6.07) is 9.60. The number of aryl methyl sites for hydroxylation is 1. The molecule has 1 unspecified atom stereocenters. The summed E-state index contributed by atoms with van der Waals surface area (Å²) in [5, 5.41) is 3.09. The maximum atomic E-state index is 6.25. The van der Waals surface area contributed by atoms with E-state index in [9.17, 15) is 0 Å². The Morgan fingerprint density at radius 2 is 2.11 bits per heavy atom. The van der Waals surface area contributed by atoms with Crippen LogP contribution in [0.25, 0.3) is 11.0 Å². The molecule has 92 valence electrons. The Kier molecular flexibility index (Phi) is 2.90. The predicted molar refractivity (Wildman–Crippen MR) is 76.3 cm³/mol. The number of halogens is 1. The minimum Gasteiger partial charge on any atom is -0.459 e. The van der Waals surface area contributed by atoms with Gasteiger partial charge in [-0.05, 0) is 30.0 Å². The lowest BCUT2D eigenvalue weighted by Gasteiger charge is -2.07. The summed E-state index contributed by atoms with van der Waals surface area (Å²) in [5.41, 5.74) is 9.22. The fourth-order valence-corrected chi connectivity index (χ4v) is 3.05. The van der Waals surface area contributed by atoms with Gasteiger partial charge in [-0.1, -0.05) is 29.8 Å². The number of benzene rings is 1. The Morgan fingerprint density at radius 3 is 2.78 bits per heavy atom. The van der Waals surface area contributed by atoms with Crippen LogP contribution in [0.15, 0.2) is 40.1 Å². The van der Waals surface area contributed by atoms with Gasteiger partial charge in [-0.25, -0.2) is 0 Å². The molecule has 4 heteroatoms. The molecule has 0 aliphatic carbocycles. The lowest BCUT2D eigenvalue weighted by atomic mass is 10.0. The number of thiophene rings is 1.